The van der Waals surface area contributed by atoms with E-state index >= 15 is 0 Å². The number of alkyl halides is 3. The summed E-state index contributed by atoms with van der Waals surface area (Å²) in [5, 5.41) is 12.1. The molecule has 0 unspecified atom stereocenters. The zero-order valence-electron chi connectivity index (χ0n) is 7.46. The third-order valence-electron chi connectivity index (χ3n) is 1.65. The number of nitrogens with zero attached hydrogens (tertiary/aromatic N) is 2. The first kappa shape index (κ1) is 11.0. The van der Waals surface area contributed by atoms with Crippen LogP contribution in [0.5, 0.6) is 0 Å². The van der Waals surface area contributed by atoms with Gasteiger partial charge in [0.2, 0.25) is 0 Å². The zero-order chi connectivity index (χ0) is 10.6. The average molecular weight is 208 g/mol. The summed E-state index contributed by atoms with van der Waals surface area (Å²) in [5.41, 5.74) is 0.711. The standard InChI is InChI=1S/C8H11F3N2O/c9-8(10,11)6-13-5-7(4-12-13)2-1-3-14/h4-5,14H,1-3,6H2. The Bertz CT molecular complexity index is 282. The maximum Gasteiger partial charge on any atom is 0.408 e. The molecular weight excluding hydrogens is 197 g/mol. The van der Waals surface area contributed by atoms with Crippen molar-refractivity contribution in [3.05, 3.63) is 18.0 Å². The lowest BCUT2D eigenvalue weighted by atomic mass is 10.2. The maximum atomic E-state index is 11.9. The van der Waals surface area contributed by atoms with Crippen LogP contribution in [0.3, 0.4) is 0 Å². The maximum absolute atomic E-state index is 11.9. The number of aryl methyl sites for hydroxylation is 1. The van der Waals surface area contributed by atoms with Crippen molar-refractivity contribution in [2.45, 2.75) is 25.6 Å². The average Bonchev–Trinajstić information content (AvgIpc) is 2.46. The molecule has 0 aromatic carbocycles. The minimum atomic E-state index is -4.24. The molecule has 1 heterocycles. The van der Waals surface area contributed by atoms with E-state index in [-0.39, 0.29) is 6.61 Å². The van der Waals surface area contributed by atoms with Crippen molar-refractivity contribution in [3.8, 4) is 0 Å². The SMILES string of the molecule is OCCCc1cnn(CC(F)(F)F)c1. The molecule has 14 heavy (non-hydrogen) atoms. The lowest BCUT2D eigenvalue weighted by molar-refractivity contribution is -0.142. The van der Waals surface area contributed by atoms with Gasteiger partial charge in [-0.3, -0.25) is 4.68 Å². The molecule has 1 aromatic heterocycles. The van der Waals surface area contributed by atoms with E-state index in [0.29, 0.717) is 18.4 Å². The zero-order valence-corrected chi connectivity index (χ0v) is 7.46. The van der Waals surface area contributed by atoms with Crippen LogP contribution in [0.2, 0.25) is 0 Å². The molecule has 0 radical (unpaired) electrons. The first-order chi connectivity index (χ1) is 6.51. The van der Waals surface area contributed by atoms with Crippen LogP contribution < -0.4 is 0 Å². The van der Waals surface area contributed by atoms with Crippen molar-refractivity contribution < 1.29 is 18.3 Å². The number of hydrogen-bond donors (Lipinski definition) is 1. The summed E-state index contributed by atoms with van der Waals surface area (Å²) in [5.74, 6) is 0. The van der Waals surface area contributed by atoms with Crippen molar-refractivity contribution in [3.63, 3.8) is 0 Å². The van der Waals surface area contributed by atoms with Gasteiger partial charge in [0.15, 0.2) is 0 Å². The van der Waals surface area contributed by atoms with Crippen LogP contribution in [0.15, 0.2) is 12.4 Å². The van der Waals surface area contributed by atoms with Crippen LogP contribution in [0.1, 0.15) is 12.0 Å². The van der Waals surface area contributed by atoms with Crippen LogP contribution in [0.4, 0.5) is 13.2 Å². The van der Waals surface area contributed by atoms with Gasteiger partial charge in [-0.05, 0) is 18.4 Å². The first-order valence-electron chi connectivity index (χ1n) is 4.20. The van der Waals surface area contributed by atoms with E-state index in [1.54, 1.807) is 0 Å². The number of aromatic nitrogens is 2. The van der Waals surface area contributed by atoms with E-state index in [0.717, 1.165) is 4.68 Å². The number of hydrogen-bond acceptors (Lipinski definition) is 2. The molecule has 0 saturated carbocycles. The molecule has 80 valence electrons. The van der Waals surface area contributed by atoms with Gasteiger partial charge in [0, 0.05) is 12.8 Å². The van der Waals surface area contributed by atoms with Gasteiger partial charge >= 0.3 is 6.18 Å². The molecule has 1 aromatic rings. The van der Waals surface area contributed by atoms with E-state index in [1.165, 1.54) is 12.4 Å². The molecular formula is C8H11F3N2O. The van der Waals surface area contributed by atoms with Crippen molar-refractivity contribution in [1.29, 1.82) is 0 Å². The second kappa shape index (κ2) is 4.45. The monoisotopic (exact) mass is 208 g/mol. The second-order valence-corrected chi connectivity index (χ2v) is 2.99. The molecule has 0 bridgehead atoms. The normalized spacial score (nSPS) is 12.0. The Hall–Kier alpha value is -1.04. The predicted molar refractivity (Wildman–Crippen MR) is 43.7 cm³/mol. The van der Waals surface area contributed by atoms with Gasteiger partial charge in [-0.2, -0.15) is 18.3 Å². The molecule has 0 amide bonds. The van der Waals surface area contributed by atoms with Crippen molar-refractivity contribution in [2.75, 3.05) is 6.61 Å². The van der Waals surface area contributed by atoms with Crippen LogP contribution in [0.25, 0.3) is 0 Å². The molecule has 0 atom stereocenters. The summed E-state index contributed by atoms with van der Waals surface area (Å²) < 4.78 is 36.6. The number of halogens is 3. The van der Waals surface area contributed by atoms with Gasteiger partial charge in [-0.1, -0.05) is 0 Å². The highest BCUT2D eigenvalue weighted by Gasteiger charge is 2.28. The van der Waals surface area contributed by atoms with Gasteiger partial charge in [-0.25, -0.2) is 0 Å². The summed E-state index contributed by atoms with van der Waals surface area (Å²) in [6.45, 7) is -1.03. The largest absolute Gasteiger partial charge is 0.408 e. The van der Waals surface area contributed by atoms with Crippen LogP contribution in [0, 0.1) is 0 Å². The van der Waals surface area contributed by atoms with Crippen molar-refractivity contribution in [1.82, 2.24) is 9.78 Å². The van der Waals surface area contributed by atoms with E-state index in [2.05, 4.69) is 5.10 Å². The van der Waals surface area contributed by atoms with E-state index in [4.69, 9.17) is 5.11 Å². The molecule has 3 nitrogen and oxygen atoms in total. The molecule has 0 spiro atoms. The van der Waals surface area contributed by atoms with Crippen LogP contribution in [-0.4, -0.2) is 27.7 Å². The van der Waals surface area contributed by atoms with Gasteiger partial charge < -0.3 is 5.11 Å². The molecule has 1 rings (SSSR count). The predicted octanol–water partition coefficient (Wildman–Crippen LogP) is 1.37. The minimum Gasteiger partial charge on any atom is -0.396 e. The van der Waals surface area contributed by atoms with E-state index < -0.39 is 12.7 Å². The topological polar surface area (TPSA) is 38.1 Å². The number of aliphatic hydroxyl groups is 1. The van der Waals surface area contributed by atoms with Gasteiger partial charge in [0.05, 0.1) is 6.20 Å². The molecule has 0 aliphatic rings. The molecule has 0 aliphatic heterocycles. The van der Waals surface area contributed by atoms with Crippen molar-refractivity contribution >= 4 is 0 Å². The summed E-state index contributed by atoms with van der Waals surface area (Å²) in [4.78, 5) is 0. The molecule has 0 saturated heterocycles. The molecule has 6 heteroatoms. The minimum absolute atomic E-state index is 0.0322. The smallest absolute Gasteiger partial charge is 0.396 e. The fraction of sp³-hybridized carbons (Fsp3) is 0.625. The third kappa shape index (κ3) is 3.78. The lowest BCUT2D eigenvalue weighted by Crippen LogP contribution is -2.17. The fourth-order valence-electron chi connectivity index (χ4n) is 1.09. The Balaban J connectivity index is 2.51. The highest BCUT2D eigenvalue weighted by molar-refractivity contribution is 5.03. The lowest BCUT2D eigenvalue weighted by Gasteiger charge is -2.04. The Morgan fingerprint density at radius 1 is 1.43 bits per heavy atom. The Morgan fingerprint density at radius 3 is 2.71 bits per heavy atom. The Labute approximate surface area is 79.2 Å². The highest BCUT2D eigenvalue weighted by atomic mass is 19.4. The van der Waals surface area contributed by atoms with Crippen LogP contribution >= 0.6 is 0 Å². The van der Waals surface area contributed by atoms with Gasteiger partial charge in [0.1, 0.15) is 6.54 Å². The molecule has 1 N–H and O–H groups in total. The highest BCUT2D eigenvalue weighted by Crippen LogP contribution is 2.17. The van der Waals surface area contributed by atoms with Gasteiger partial charge in [0.25, 0.3) is 0 Å². The fourth-order valence-corrected chi connectivity index (χ4v) is 1.09. The van der Waals surface area contributed by atoms with Crippen molar-refractivity contribution in [2.24, 2.45) is 0 Å². The summed E-state index contributed by atoms with van der Waals surface area (Å²) >= 11 is 0. The van der Waals surface area contributed by atoms with E-state index in [9.17, 15) is 13.2 Å². The molecule has 0 aliphatic carbocycles. The Morgan fingerprint density at radius 2 is 2.14 bits per heavy atom. The van der Waals surface area contributed by atoms with E-state index in [1.807, 2.05) is 0 Å². The number of aliphatic hydroxyl groups excluding tert-OH is 1. The third-order valence-corrected chi connectivity index (χ3v) is 1.65. The summed E-state index contributed by atoms with van der Waals surface area (Å²) in [7, 11) is 0. The first-order valence-corrected chi connectivity index (χ1v) is 4.20. The van der Waals surface area contributed by atoms with Gasteiger partial charge in [-0.15, -0.1) is 0 Å². The summed E-state index contributed by atoms with van der Waals surface area (Å²) in [6, 6.07) is 0. The summed E-state index contributed by atoms with van der Waals surface area (Å²) in [6.07, 6.45) is -0.406. The quantitative estimate of drug-likeness (QED) is 0.811. The Kier molecular flexibility index (Phi) is 3.51. The second-order valence-electron chi connectivity index (χ2n) is 2.99. The molecule has 0 fully saturated rings. The van der Waals surface area contributed by atoms with Crippen LogP contribution in [-0.2, 0) is 13.0 Å². The number of rotatable bonds is 4.